The van der Waals surface area contributed by atoms with E-state index in [1.165, 1.54) is 16.7 Å². The predicted octanol–water partition coefficient (Wildman–Crippen LogP) is 3.96. The Balaban J connectivity index is 1.51. The molecule has 1 N–H and O–H groups in total. The van der Waals surface area contributed by atoms with Gasteiger partial charge >= 0.3 is 6.03 Å². The fraction of sp³-hybridized carbons (Fsp3) is 0.667. The summed E-state index contributed by atoms with van der Waals surface area (Å²) in [5.41, 5.74) is 3.96. The van der Waals surface area contributed by atoms with E-state index in [-0.39, 0.29) is 23.5 Å². The second-order valence-corrected chi connectivity index (χ2v) is 8.63. The predicted molar refractivity (Wildman–Crippen MR) is 98.5 cm³/mol. The van der Waals surface area contributed by atoms with Crippen molar-refractivity contribution in [1.82, 2.24) is 10.2 Å². The van der Waals surface area contributed by atoms with Gasteiger partial charge in [0.05, 0.1) is 12.1 Å². The van der Waals surface area contributed by atoms with Gasteiger partial charge in [0.1, 0.15) is 0 Å². The lowest BCUT2D eigenvalue weighted by Gasteiger charge is -2.54. The minimum atomic E-state index is 0.0330. The van der Waals surface area contributed by atoms with Gasteiger partial charge in [-0.3, -0.25) is 0 Å². The molecule has 2 saturated heterocycles. The summed E-state index contributed by atoms with van der Waals surface area (Å²) in [6.45, 7) is 10.4. The average Bonchev–Trinajstić information content (AvgIpc) is 3.23. The summed E-state index contributed by atoms with van der Waals surface area (Å²) in [5.74, 6) is 0.487. The van der Waals surface area contributed by atoms with Crippen LogP contribution in [0.1, 0.15) is 55.8 Å². The molecule has 2 aliphatic heterocycles. The van der Waals surface area contributed by atoms with Crippen LogP contribution in [0.15, 0.2) is 18.2 Å². The summed E-state index contributed by atoms with van der Waals surface area (Å²) in [7, 11) is 0. The molecule has 4 unspecified atom stereocenters. The highest BCUT2D eigenvalue weighted by Crippen LogP contribution is 2.52. The van der Waals surface area contributed by atoms with Gasteiger partial charge in [0.25, 0.3) is 0 Å². The van der Waals surface area contributed by atoms with Crippen LogP contribution in [0.4, 0.5) is 4.79 Å². The number of fused-ring (bicyclic) bond motifs is 1. The van der Waals surface area contributed by atoms with E-state index in [2.05, 4.69) is 56.1 Å². The smallest absolute Gasteiger partial charge is 0.318 e. The lowest BCUT2D eigenvalue weighted by Crippen LogP contribution is -2.67. The Kier molecular flexibility index (Phi) is 4.06. The van der Waals surface area contributed by atoms with Crippen molar-refractivity contribution in [2.75, 3.05) is 13.2 Å². The summed E-state index contributed by atoms with van der Waals surface area (Å²) in [6.07, 6.45) is 3.51. The third-order valence-electron chi connectivity index (χ3n) is 6.90. The quantitative estimate of drug-likeness (QED) is 0.884. The van der Waals surface area contributed by atoms with Crippen LogP contribution in [-0.2, 0) is 4.74 Å². The molecule has 0 radical (unpaired) electrons. The minimum Gasteiger partial charge on any atom is -0.377 e. The first-order chi connectivity index (χ1) is 11.9. The van der Waals surface area contributed by atoms with Crippen molar-refractivity contribution in [3.63, 3.8) is 0 Å². The number of hydrogen-bond donors (Lipinski definition) is 1. The average molecular weight is 342 g/mol. The third-order valence-corrected chi connectivity index (χ3v) is 6.90. The summed E-state index contributed by atoms with van der Waals surface area (Å²) in [6, 6.07) is 6.99. The Labute approximate surface area is 150 Å². The number of carbonyl (C=O) groups is 1. The third kappa shape index (κ3) is 2.57. The van der Waals surface area contributed by atoms with Gasteiger partial charge in [0.2, 0.25) is 0 Å². The Morgan fingerprint density at radius 3 is 2.88 bits per heavy atom. The molecule has 1 aliphatic carbocycles. The topological polar surface area (TPSA) is 41.6 Å². The standard InChI is InChI=1S/C21H30N2O2/c1-13-7-5-8-15(14(13)2)17-9-6-11-23(17)20(24)22-18-16-10-12-25-19(16)21(18,3)4/h5,7-8,16-19H,6,9-12H2,1-4H3,(H,22,24). The van der Waals surface area contributed by atoms with Gasteiger partial charge < -0.3 is 15.0 Å². The lowest BCUT2D eigenvalue weighted by molar-refractivity contribution is -0.109. The number of likely N-dealkylation sites (tertiary alicyclic amines) is 1. The van der Waals surface area contributed by atoms with Crippen LogP contribution in [0.25, 0.3) is 0 Å². The Bertz CT molecular complexity index is 684. The van der Waals surface area contributed by atoms with E-state index in [1.54, 1.807) is 0 Å². The first kappa shape index (κ1) is 16.9. The second-order valence-electron chi connectivity index (χ2n) is 8.63. The zero-order chi connectivity index (χ0) is 17.8. The number of benzene rings is 1. The molecular weight excluding hydrogens is 312 g/mol. The van der Waals surface area contributed by atoms with Crippen molar-refractivity contribution in [2.45, 2.75) is 65.1 Å². The zero-order valence-electron chi connectivity index (χ0n) is 15.8. The van der Waals surface area contributed by atoms with Crippen LogP contribution in [-0.4, -0.2) is 36.2 Å². The molecule has 2 amide bonds. The number of amides is 2. The van der Waals surface area contributed by atoms with E-state index in [1.807, 2.05) is 0 Å². The molecule has 1 aromatic rings. The largest absolute Gasteiger partial charge is 0.377 e. The van der Waals surface area contributed by atoms with Gasteiger partial charge in [-0.05, 0) is 49.8 Å². The van der Waals surface area contributed by atoms with Crippen LogP contribution < -0.4 is 5.32 Å². The second kappa shape index (κ2) is 6.01. The van der Waals surface area contributed by atoms with E-state index >= 15 is 0 Å². The summed E-state index contributed by atoms with van der Waals surface area (Å²) in [5, 5.41) is 3.36. The number of rotatable bonds is 2. The molecule has 3 fully saturated rings. The zero-order valence-corrected chi connectivity index (χ0v) is 15.8. The number of carbonyl (C=O) groups excluding carboxylic acids is 1. The first-order valence-corrected chi connectivity index (χ1v) is 9.66. The minimum absolute atomic E-state index is 0.0330. The van der Waals surface area contributed by atoms with Gasteiger partial charge in [-0.15, -0.1) is 0 Å². The molecule has 4 rings (SSSR count). The summed E-state index contributed by atoms with van der Waals surface area (Å²) in [4.78, 5) is 15.1. The van der Waals surface area contributed by atoms with E-state index in [4.69, 9.17) is 4.74 Å². The van der Waals surface area contributed by atoms with Crippen molar-refractivity contribution in [2.24, 2.45) is 11.3 Å². The molecular formula is C21H30N2O2. The SMILES string of the molecule is Cc1cccc(C2CCCN2C(=O)NC2C3CCOC3C2(C)C)c1C. The molecule has 0 bridgehead atoms. The molecule has 4 atom stereocenters. The van der Waals surface area contributed by atoms with E-state index < -0.39 is 0 Å². The summed E-state index contributed by atoms with van der Waals surface area (Å²) >= 11 is 0. The number of nitrogens with one attached hydrogen (secondary N) is 1. The number of hydrogen-bond acceptors (Lipinski definition) is 2. The monoisotopic (exact) mass is 342 g/mol. The molecule has 136 valence electrons. The Morgan fingerprint density at radius 2 is 2.08 bits per heavy atom. The maximum atomic E-state index is 13.1. The maximum Gasteiger partial charge on any atom is 0.318 e. The molecule has 25 heavy (non-hydrogen) atoms. The maximum absolute atomic E-state index is 13.1. The van der Waals surface area contributed by atoms with Crippen LogP contribution in [0, 0.1) is 25.2 Å². The molecule has 4 nitrogen and oxygen atoms in total. The van der Waals surface area contributed by atoms with Crippen molar-refractivity contribution < 1.29 is 9.53 Å². The van der Waals surface area contributed by atoms with Gasteiger partial charge in [-0.25, -0.2) is 4.79 Å². The molecule has 3 aliphatic rings. The number of aryl methyl sites for hydroxylation is 1. The van der Waals surface area contributed by atoms with Gasteiger partial charge in [-0.1, -0.05) is 32.0 Å². The lowest BCUT2D eigenvalue weighted by atomic mass is 9.57. The number of nitrogens with zero attached hydrogens (tertiary/aromatic N) is 1. The fourth-order valence-corrected chi connectivity index (χ4v) is 5.30. The van der Waals surface area contributed by atoms with Crippen molar-refractivity contribution in [1.29, 1.82) is 0 Å². The van der Waals surface area contributed by atoms with Crippen molar-refractivity contribution in [3.05, 3.63) is 34.9 Å². The highest BCUT2D eigenvalue weighted by atomic mass is 16.5. The van der Waals surface area contributed by atoms with Crippen LogP contribution in [0.2, 0.25) is 0 Å². The molecule has 4 heteroatoms. The normalized spacial score (nSPS) is 33.0. The molecule has 1 saturated carbocycles. The van der Waals surface area contributed by atoms with Crippen LogP contribution >= 0.6 is 0 Å². The van der Waals surface area contributed by atoms with Gasteiger partial charge in [0.15, 0.2) is 0 Å². The van der Waals surface area contributed by atoms with Crippen LogP contribution in [0.5, 0.6) is 0 Å². The molecule has 2 heterocycles. The number of ether oxygens (including phenoxy) is 1. The van der Waals surface area contributed by atoms with E-state index in [9.17, 15) is 4.79 Å². The Morgan fingerprint density at radius 1 is 1.28 bits per heavy atom. The number of urea groups is 1. The van der Waals surface area contributed by atoms with Gasteiger partial charge in [0, 0.05) is 30.5 Å². The van der Waals surface area contributed by atoms with Crippen LogP contribution in [0.3, 0.4) is 0 Å². The molecule has 0 aromatic heterocycles. The molecule has 1 aromatic carbocycles. The fourth-order valence-electron chi connectivity index (χ4n) is 5.30. The Hall–Kier alpha value is -1.55. The van der Waals surface area contributed by atoms with E-state index in [0.29, 0.717) is 12.0 Å². The highest BCUT2D eigenvalue weighted by Gasteiger charge is 2.60. The van der Waals surface area contributed by atoms with Crippen molar-refractivity contribution >= 4 is 6.03 Å². The van der Waals surface area contributed by atoms with Gasteiger partial charge in [-0.2, -0.15) is 0 Å². The first-order valence-electron chi connectivity index (χ1n) is 9.66. The summed E-state index contributed by atoms with van der Waals surface area (Å²) < 4.78 is 5.86. The van der Waals surface area contributed by atoms with Crippen molar-refractivity contribution in [3.8, 4) is 0 Å². The highest BCUT2D eigenvalue weighted by molar-refractivity contribution is 5.76. The van der Waals surface area contributed by atoms with E-state index in [0.717, 1.165) is 32.4 Å². The molecule has 0 spiro atoms.